The zero-order valence-corrected chi connectivity index (χ0v) is 14.2. The van der Waals surface area contributed by atoms with Gasteiger partial charge in [-0.25, -0.2) is 9.97 Å². The number of nitrogens with zero attached hydrogens (tertiary/aromatic N) is 2. The number of benzene rings is 1. The van der Waals surface area contributed by atoms with E-state index in [1.54, 1.807) is 18.5 Å². The van der Waals surface area contributed by atoms with Crippen molar-refractivity contribution >= 4 is 11.9 Å². The Bertz CT molecular complexity index is 700. The predicted octanol–water partition coefficient (Wildman–Crippen LogP) is 3.21. The maximum absolute atomic E-state index is 12.3. The molecule has 24 heavy (non-hydrogen) atoms. The number of aromatic nitrogens is 2. The van der Waals surface area contributed by atoms with E-state index >= 15 is 0 Å². The number of amides is 1. The molecule has 3 rings (SSSR count). The SMILES string of the molecule is CC1(C)CC[C@H](NC(=O)CCNc2ncccn2)c2ccccc21. The van der Waals surface area contributed by atoms with Gasteiger partial charge in [0.05, 0.1) is 6.04 Å². The van der Waals surface area contributed by atoms with Gasteiger partial charge in [0, 0.05) is 25.4 Å². The second kappa shape index (κ2) is 6.99. The highest BCUT2D eigenvalue weighted by atomic mass is 16.1. The van der Waals surface area contributed by atoms with Crippen molar-refractivity contribution in [1.82, 2.24) is 15.3 Å². The molecule has 2 aromatic rings. The lowest BCUT2D eigenvalue weighted by molar-refractivity contribution is -0.121. The summed E-state index contributed by atoms with van der Waals surface area (Å²) < 4.78 is 0. The van der Waals surface area contributed by atoms with Crippen molar-refractivity contribution in [1.29, 1.82) is 0 Å². The minimum absolute atomic E-state index is 0.0536. The zero-order valence-electron chi connectivity index (χ0n) is 14.2. The molecule has 0 aliphatic heterocycles. The number of carbonyl (C=O) groups is 1. The van der Waals surface area contributed by atoms with Crippen LogP contribution < -0.4 is 10.6 Å². The van der Waals surface area contributed by atoms with E-state index in [1.807, 2.05) is 6.07 Å². The number of hydrogen-bond donors (Lipinski definition) is 2. The Morgan fingerprint density at radius 3 is 2.75 bits per heavy atom. The molecule has 0 bridgehead atoms. The van der Waals surface area contributed by atoms with Crippen LogP contribution in [0.15, 0.2) is 42.7 Å². The van der Waals surface area contributed by atoms with Crippen molar-refractivity contribution < 1.29 is 4.79 Å². The van der Waals surface area contributed by atoms with Gasteiger partial charge in [0.15, 0.2) is 0 Å². The Hall–Kier alpha value is -2.43. The largest absolute Gasteiger partial charge is 0.354 e. The van der Waals surface area contributed by atoms with Gasteiger partial charge in [0.2, 0.25) is 11.9 Å². The van der Waals surface area contributed by atoms with Gasteiger partial charge in [-0.2, -0.15) is 0 Å². The third-order valence-corrected chi connectivity index (χ3v) is 4.66. The molecule has 2 N–H and O–H groups in total. The van der Waals surface area contributed by atoms with Crippen LogP contribution >= 0.6 is 0 Å². The summed E-state index contributed by atoms with van der Waals surface area (Å²) in [7, 11) is 0. The van der Waals surface area contributed by atoms with Crippen molar-refractivity contribution in [2.75, 3.05) is 11.9 Å². The van der Waals surface area contributed by atoms with Crippen molar-refractivity contribution in [3.63, 3.8) is 0 Å². The normalized spacial score (nSPS) is 18.5. The minimum Gasteiger partial charge on any atom is -0.354 e. The molecule has 126 valence electrons. The van der Waals surface area contributed by atoms with Gasteiger partial charge in [-0.3, -0.25) is 4.79 Å². The van der Waals surface area contributed by atoms with Gasteiger partial charge in [-0.15, -0.1) is 0 Å². The summed E-state index contributed by atoms with van der Waals surface area (Å²) in [5, 5.41) is 6.24. The Morgan fingerprint density at radius 2 is 1.96 bits per heavy atom. The molecule has 1 aliphatic carbocycles. The summed E-state index contributed by atoms with van der Waals surface area (Å²) in [4.78, 5) is 20.4. The van der Waals surface area contributed by atoms with Crippen LogP contribution in [0.5, 0.6) is 0 Å². The topological polar surface area (TPSA) is 66.9 Å². The average Bonchev–Trinajstić information content (AvgIpc) is 2.59. The van der Waals surface area contributed by atoms with E-state index < -0.39 is 0 Å². The minimum atomic E-state index is 0.0536. The van der Waals surface area contributed by atoms with Crippen LogP contribution in [0.4, 0.5) is 5.95 Å². The van der Waals surface area contributed by atoms with E-state index in [-0.39, 0.29) is 17.4 Å². The molecule has 1 amide bonds. The molecule has 0 spiro atoms. The number of fused-ring (bicyclic) bond motifs is 1. The fourth-order valence-corrected chi connectivity index (χ4v) is 3.31. The van der Waals surface area contributed by atoms with Crippen LogP contribution in [0.25, 0.3) is 0 Å². The summed E-state index contributed by atoms with van der Waals surface area (Å²) in [6, 6.07) is 10.3. The quantitative estimate of drug-likeness (QED) is 0.886. The second-order valence-corrected chi connectivity index (χ2v) is 6.88. The first-order valence-electron chi connectivity index (χ1n) is 8.46. The first kappa shape index (κ1) is 16.4. The molecule has 0 saturated heterocycles. The Kier molecular flexibility index (Phi) is 4.79. The van der Waals surface area contributed by atoms with E-state index in [2.05, 4.69) is 52.6 Å². The summed E-state index contributed by atoms with van der Waals surface area (Å²) in [5.74, 6) is 0.605. The molecule has 1 atom stereocenters. The van der Waals surface area contributed by atoms with E-state index in [1.165, 1.54) is 11.1 Å². The van der Waals surface area contributed by atoms with Gasteiger partial charge in [0.1, 0.15) is 0 Å². The van der Waals surface area contributed by atoms with Crippen LogP contribution in [0, 0.1) is 0 Å². The highest BCUT2D eigenvalue weighted by Crippen LogP contribution is 2.41. The van der Waals surface area contributed by atoms with Crippen molar-refractivity contribution in [3.8, 4) is 0 Å². The molecule has 1 aliphatic rings. The molecular formula is C19H24N4O. The van der Waals surface area contributed by atoms with E-state index in [4.69, 9.17) is 0 Å². The molecule has 1 heterocycles. The Labute approximate surface area is 142 Å². The van der Waals surface area contributed by atoms with E-state index in [0.717, 1.165) is 12.8 Å². The van der Waals surface area contributed by atoms with Crippen LogP contribution in [0.1, 0.15) is 50.3 Å². The first-order valence-corrected chi connectivity index (χ1v) is 8.46. The van der Waals surface area contributed by atoms with Crippen molar-refractivity contribution in [2.24, 2.45) is 0 Å². The lowest BCUT2D eigenvalue weighted by atomic mass is 9.71. The summed E-state index contributed by atoms with van der Waals surface area (Å²) in [5.41, 5.74) is 2.77. The highest BCUT2D eigenvalue weighted by Gasteiger charge is 2.32. The number of hydrogen-bond acceptors (Lipinski definition) is 4. The molecule has 0 radical (unpaired) electrons. The summed E-state index contributed by atoms with van der Waals surface area (Å²) >= 11 is 0. The molecule has 0 fully saturated rings. The van der Waals surface area contributed by atoms with E-state index in [0.29, 0.717) is 18.9 Å². The maximum atomic E-state index is 12.3. The van der Waals surface area contributed by atoms with Crippen molar-refractivity contribution in [2.45, 2.75) is 44.6 Å². The molecular weight excluding hydrogens is 300 g/mol. The molecule has 0 unspecified atom stereocenters. The molecule has 1 aromatic carbocycles. The smallest absolute Gasteiger partial charge is 0.222 e. The van der Waals surface area contributed by atoms with Gasteiger partial charge in [-0.05, 0) is 35.4 Å². The van der Waals surface area contributed by atoms with E-state index in [9.17, 15) is 4.79 Å². The third-order valence-electron chi connectivity index (χ3n) is 4.66. The molecule has 5 nitrogen and oxygen atoms in total. The fraction of sp³-hybridized carbons (Fsp3) is 0.421. The number of anilines is 1. The van der Waals surface area contributed by atoms with Gasteiger partial charge >= 0.3 is 0 Å². The molecule has 5 heteroatoms. The number of rotatable bonds is 5. The predicted molar refractivity (Wildman–Crippen MR) is 94.7 cm³/mol. The third kappa shape index (κ3) is 3.72. The number of nitrogens with one attached hydrogen (secondary N) is 2. The van der Waals surface area contributed by atoms with Crippen molar-refractivity contribution in [3.05, 3.63) is 53.9 Å². The monoisotopic (exact) mass is 324 g/mol. The zero-order chi connectivity index (χ0) is 17.0. The Morgan fingerprint density at radius 1 is 1.21 bits per heavy atom. The lowest BCUT2D eigenvalue weighted by Crippen LogP contribution is -2.36. The van der Waals surface area contributed by atoms with Crippen LogP contribution in [-0.4, -0.2) is 22.4 Å². The van der Waals surface area contributed by atoms with Crippen LogP contribution in [0.2, 0.25) is 0 Å². The lowest BCUT2D eigenvalue weighted by Gasteiger charge is -2.37. The first-order chi connectivity index (χ1) is 11.6. The Balaban J connectivity index is 1.57. The van der Waals surface area contributed by atoms with Gasteiger partial charge in [0.25, 0.3) is 0 Å². The summed E-state index contributed by atoms with van der Waals surface area (Å²) in [6.45, 7) is 5.07. The van der Waals surface area contributed by atoms with Crippen LogP contribution in [-0.2, 0) is 10.2 Å². The maximum Gasteiger partial charge on any atom is 0.222 e. The molecule has 0 saturated carbocycles. The molecule has 1 aromatic heterocycles. The highest BCUT2D eigenvalue weighted by molar-refractivity contribution is 5.77. The van der Waals surface area contributed by atoms with Gasteiger partial charge in [-0.1, -0.05) is 38.1 Å². The fourth-order valence-electron chi connectivity index (χ4n) is 3.31. The number of carbonyl (C=O) groups excluding carboxylic acids is 1. The van der Waals surface area contributed by atoms with Gasteiger partial charge < -0.3 is 10.6 Å². The standard InChI is InChI=1S/C19H24N4O/c1-19(2)10-8-16(14-6-3-4-7-15(14)19)23-17(24)9-13-22-18-20-11-5-12-21-18/h3-7,11-12,16H,8-10,13H2,1-2H3,(H,23,24)(H,20,21,22)/t16-/m0/s1. The summed E-state index contributed by atoms with van der Waals surface area (Å²) in [6.07, 6.45) is 5.81. The van der Waals surface area contributed by atoms with Crippen LogP contribution in [0.3, 0.4) is 0 Å². The second-order valence-electron chi connectivity index (χ2n) is 6.88. The average molecular weight is 324 g/mol.